The summed E-state index contributed by atoms with van der Waals surface area (Å²) in [6, 6.07) is 9.55. The van der Waals surface area contributed by atoms with Crippen LogP contribution in [0.15, 0.2) is 30.3 Å². The van der Waals surface area contributed by atoms with Crippen LogP contribution >= 0.6 is 15.9 Å². The summed E-state index contributed by atoms with van der Waals surface area (Å²) >= 11 is 3.34. The number of para-hydroxylation sites is 1. The summed E-state index contributed by atoms with van der Waals surface area (Å²) in [7, 11) is 0. The van der Waals surface area contributed by atoms with E-state index in [1.165, 1.54) is 0 Å². The van der Waals surface area contributed by atoms with Crippen molar-refractivity contribution in [3.63, 3.8) is 0 Å². The SMILES string of the molecule is CCN(CCBr)C(=O)CCOc1ccccc1. The Labute approximate surface area is 111 Å². The second-order valence-electron chi connectivity index (χ2n) is 3.57. The molecule has 0 aliphatic carbocycles. The van der Waals surface area contributed by atoms with Crippen molar-refractivity contribution in [1.82, 2.24) is 4.90 Å². The first-order chi connectivity index (χ1) is 8.27. The van der Waals surface area contributed by atoms with Gasteiger partial charge in [0, 0.05) is 18.4 Å². The fraction of sp³-hybridized carbons (Fsp3) is 0.462. The zero-order chi connectivity index (χ0) is 12.5. The van der Waals surface area contributed by atoms with Crippen LogP contribution in [0.25, 0.3) is 0 Å². The van der Waals surface area contributed by atoms with Gasteiger partial charge in [-0.1, -0.05) is 34.1 Å². The molecule has 4 heteroatoms. The highest BCUT2D eigenvalue weighted by Crippen LogP contribution is 2.08. The van der Waals surface area contributed by atoms with E-state index in [9.17, 15) is 4.79 Å². The fourth-order valence-electron chi connectivity index (χ4n) is 1.49. The van der Waals surface area contributed by atoms with Gasteiger partial charge in [-0.25, -0.2) is 0 Å². The van der Waals surface area contributed by atoms with Crippen LogP contribution in [0.3, 0.4) is 0 Å². The minimum absolute atomic E-state index is 0.142. The van der Waals surface area contributed by atoms with Crippen LogP contribution in [-0.2, 0) is 4.79 Å². The summed E-state index contributed by atoms with van der Waals surface area (Å²) < 4.78 is 5.49. The van der Waals surface area contributed by atoms with E-state index in [1.807, 2.05) is 42.2 Å². The number of carbonyl (C=O) groups excluding carboxylic acids is 1. The number of benzene rings is 1. The molecule has 0 saturated heterocycles. The summed E-state index contributed by atoms with van der Waals surface area (Å²) in [5.74, 6) is 0.951. The molecule has 1 amide bonds. The molecular weight excluding hydrogens is 282 g/mol. The van der Waals surface area contributed by atoms with Gasteiger partial charge in [-0.3, -0.25) is 4.79 Å². The Morgan fingerprint density at radius 1 is 1.35 bits per heavy atom. The van der Waals surface area contributed by atoms with Gasteiger partial charge in [0.25, 0.3) is 0 Å². The molecule has 0 aromatic heterocycles. The van der Waals surface area contributed by atoms with Gasteiger partial charge in [0.05, 0.1) is 13.0 Å². The first kappa shape index (κ1) is 14.0. The molecule has 1 aromatic carbocycles. The second kappa shape index (κ2) is 8.12. The predicted octanol–water partition coefficient (Wildman–Crippen LogP) is 2.70. The molecule has 3 nitrogen and oxygen atoms in total. The van der Waals surface area contributed by atoms with Gasteiger partial charge >= 0.3 is 0 Å². The van der Waals surface area contributed by atoms with Crippen LogP contribution in [0, 0.1) is 0 Å². The molecule has 0 heterocycles. The molecule has 17 heavy (non-hydrogen) atoms. The number of rotatable bonds is 7. The largest absolute Gasteiger partial charge is 0.493 e. The van der Waals surface area contributed by atoms with Gasteiger partial charge in [-0.15, -0.1) is 0 Å². The molecule has 0 fully saturated rings. The van der Waals surface area contributed by atoms with Crippen LogP contribution in [-0.4, -0.2) is 35.8 Å². The van der Waals surface area contributed by atoms with Crippen LogP contribution in [0.1, 0.15) is 13.3 Å². The van der Waals surface area contributed by atoms with Gasteiger partial charge in [0.15, 0.2) is 0 Å². The Hall–Kier alpha value is -1.03. The van der Waals surface area contributed by atoms with E-state index < -0.39 is 0 Å². The standard InChI is InChI=1S/C13H18BrNO2/c1-2-15(10-9-14)13(16)8-11-17-12-6-4-3-5-7-12/h3-7H,2,8-11H2,1H3. The van der Waals surface area contributed by atoms with Gasteiger partial charge in [-0.2, -0.15) is 0 Å². The van der Waals surface area contributed by atoms with E-state index >= 15 is 0 Å². The average molecular weight is 300 g/mol. The minimum Gasteiger partial charge on any atom is -0.493 e. The molecule has 0 saturated carbocycles. The van der Waals surface area contributed by atoms with E-state index in [1.54, 1.807) is 0 Å². The molecule has 0 unspecified atom stereocenters. The number of hydrogen-bond acceptors (Lipinski definition) is 2. The van der Waals surface area contributed by atoms with Crippen molar-refractivity contribution in [3.8, 4) is 5.75 Å². The Morgan fingerprint density at radius 3 is 2.65 bits per heavy atom. The molecule has 0 spiro atoms. The van der Waals surface area contributed by atoms with Crippen molar-refractivity contribution in [1.29, 1.82) is 0 Å². The van der Waals surface area contributed by atoms with Gasteiger partial charge in [0.1, 0.15) is 5.75 Å². The van der Waals surface area contributed by atoms with E-state index in [-0.39, 0.29) is 5.91 Å². The second-order valence-corrected chi connectivity index (χ2v) is 4.37. The smallest absolute Gasteiger partial charge is 0.226 e. The quantitative estimate of drug-likeness (QED) is 0.725. The van der Waals surface area contributed by atoms with Gasteiger partial charge in [-0.05, 0) is 19.1 Å². The first-order valence-corrected chi connectivity index (χ1v) is 6.91. The van der Waals surface area contributed by atoms with Crippen LogP contribution in [0.2, 0.25) is 0 Å². The molecule has 0 N–H and O–H groups in total. The normalized spacial score (nSPS) is 10.0. The molecule has 0 aliphatic rings. The van der Waals surface area contributed by atoms with Crippen molar-refractivity contribution < 1.29 is 9.53 Å². The lowest BCUT2D eigenvalue weighted by atomic mass is 10.3. The van der Waals surface area contributed by atoms with Crippen LogP contribution in [0.5, 0.6) is 5.75 Å². The Morgan fingerprint density at radius 2 is 2.06 bits per heavy atom. The molecular formula is C13H18BrNO2. The van der Waals surface area contributed by atoms with E-state index in [2.05, 4.69) is 15.9 Å². The zero-order valence-corrected chi connectivity index (χ0v) is 11.6. The average Bonchev–Trinajstić information content (AvgIpc) is 2.37. The molecule has 0 radical (unpaired) electrons. The van der Waals surface area contributed by atoms with E-state index in [4.69, 9.17) is 4.74 Å². The third-order valence-corrected chi connectivity index (χ3v) is 2.77. The molecule has 1 aromatic rings. The summed E-state index contributed by atoms with van der Waals surface area (Å²) in [6.07, 6.45) is 0.426. The maximum absolute atomic E-state index is 11.8. The Kier molecular flexibility index (Phi) is 6.70. The highest BCUT2D eigenvalue weighted by molar-refractivity contribution is 9.09. The monoisotopic (exact) mass is 299 g/mol. The topological polar surface area (TPSA) is 29.5 Å². The summed E-state index contributed by atoms with van der Waals surface area (Å²) in [5, 5.41) is 0.812. The highest BCUT2D eigenvalue weighted by atomic mass is 79.9. The highest BCUT2D eigenvalue weighted by Gasteiger charge is 2.10. The number of nitrogens with zero attached hydrogens (tertiary/aromatic N) is 1. The van der Waals surface area contributed by atoms with E-state index in [0.717, 1.165) is 24.2 Å². The summed E-state index contributed by atoms with van der Waals surface area (Å²) in [6.45, 7) is 3.91. The first-order valence-electron chi connectivity index (χ1n) is 5.79. The molecule has 0 bridgehead atoms. The molecule has 1 rings (SSSR count). The van der Waals surface area contributed by atoms with Crippen molar-refractivity contribution in [3.05, 3.63) is 30.3 Å². The van der Waals surface area contributed by atoms with Gasteiger partial charge in [0.2, 0.25) is 5.91 Å². The lowest BCUT2D eigenvalue weighted by Gasteiger charge is -2.19. The maximum atomic E-state index is 11.8. The third kappa shape index (κ3) is 5.22. The number of alkyl halides is 1. The number of ether oxygens (including phenoxy) is 1. The van der Waals surface area contributed by atoms with Crippen molar-refractivity contribution in [2.45, 2.75) is 13.3 Å². The molecule has 0 aliphatic heterocycles. The number of hydrogen-bond donors (Lipinski definition) is 0. The predicted molar refractivity (Wildman–Crippen MR) is 72.6 cm³/mol. The zero-order valence-electron chi connectivity index (χ0n) is 10.1. The Balaban J connectivity index is 2.28. The maximum Gasteiger partial charge on any atom is 0.226 e. The summed E-state index contributed by atoms with van der Waals surface area (Å²) in [4.78, 5) is 13.6. The van der Waals surface area contributed by atoms with Crippen LogP contribution < -0.4 is 4.74 Å². The summed E-state index contributed by atoms with van der Waals surface area (Å²) in [5.41, 5.74) is 0. The number of carbonyl (C=O) groups is 1. The Bertz CT molecular complexity index is 329. The van der Waals surface area contributed by atoms with Crippen molar-refractivity contribution in [2.75, 3.05) is 25.0 Å². The molecule has 0 atom stereocenters. The van der Waals surface area contributed by atoms with Crippen molar-refractivity contribution in [2.24, 2.45) is 0 Å². The molecule has 94 valence electrons. The minimum atomic E-state index is 0.142. The van der Waals surface area contributed by atoms with Crippen LogP contribution in [0.4, 0.5) is 0 Å². The number of halogens is 1. The lowest BCUT2D eigenvalue weighted by molar-refractivity contribution is -0.131. The fourth-order valence-corrected chi connectivity index (χ4v) is 1.92. The van der Waals surface area contributed by atoms with Crippen molar-refractivity contribution >= 4 is 21.8 Å². The van der Waals surface area contributed by atoms with Gasteiger partial charge < -0.3 is 9.64 Å². The number of amides is 1. The van der Waals surface area contributed by atoms with E-state index in [0.29, 0.717) is 13.0 Å². The third-order valence-electron chi connectivity index (χ3n) is 2.42. The lowest BCUT2D eigenvalue weighted by Crippen LogP contribution is -2.33.